The first-order valence-electron chi connectivity index (χ1n) is 4.77. The van der Waals surface area contributed by atoms with Crippen molar-refractivity contribution in [2.45, 2.75) is 31.4 Å². The van der Waals surface area contributed by atoms with Gasteiger partial charge in [0.1, 0.15) is 0 Å². The third-order valence-corrected chi connectivity index (χ3v) is 2.71. The SMILES string of the molecule is COC(=O)NC1CCOC1C1CC1. The van der Waals surface area contributed by atoms with Crippen LogP contribution in [0.4, 0.5) is 4.79 Å². The van der Waals surface area contributed by atoms with Crippen LogP contribution < -0.4 is 5.32 Å². The number of hydrogen-bond acceptors (Lipinski definition) is 3. The fraction of sp³-hybridized carbons (Fsp3) is 0.889. The van der Waals surface area contributed by atoms with E-state index >= 15 is 0 Å². The lowest BCUT2D eigenvalue weighted by molar-refractivity contribution is 0.0791. The molecule has 13 heavy (non-hydrogen) atoms. The lowest BCUT2D eigenvalue weighted by Crippen LogP contribution is -2.41. The number of methoxy groups -OCH3 is 1. The number of ether oxygens (including phenoxy) is 2. The zero-order chi connectivity index (χ0) is 9.26. The number of carbonyl (C=O) groups excluding carboxylic acids is 1. The Morgan fingerprint density at radius 1 is 1.46 bits per heavy atom. The van der Waals surface area contributed by atoms with E-state index in [2.05, 4.69) is 10.1 Å². The van der Waals surface area contributed by atoms with Crippen LogP contribution in [0.1, 0.15) is 19.3 Å². The predicted molar refractivity (Wildman–Crippen MR) is 46.4 cm³/mol. The fourth-order valence-corrected chi connectivity index (χ4v) is 1.87. The smallest absolute Gasteiger partial charge is 0.407 e. The first-order chi connectivity index (χ1) is 6.31. The molecule has 0 aromatic carbocycles. The van der Waals surface area contributed by atoms with Crippen molar-refractivity contribution in [2.75, 3.05) is 13.7 Å². The summed E-state index contributed by atoms with van der Waals surface area (Å²) in [7, 11) is 1.39. The van der Waals surface area contributed by atoms with Crippen LogP contribution in [-0.2, 0) is 9.47 Å². The Kier molecular flexibility index (Phi) is 2.40. The predicted octanol–water partition coefficient (Wildman–Crippen LogP) is 0.910. The molecule has 74 valence electrons. The standard InChI is InChI=1S/C9H15NO3/c1-12-9(11)10-7-4-5-13-8(7)6-2-3-6/h6-8H,2-5H2,1H3,(H,10,11). The van der Waals surface area contributed by atoms with Crippen LogP contribution in [0.25, 0.3) is 0 Å². The van der Waals surface area contributed by atoms with E-state index in [0.717, 1.165) is 13.0 Å². The lowest BCUT2D eigenvalue weighted by atomic mass is 10.1. The van der Waals surface area contributed by atoms with Crippen molar-refractivity contribution < 1.29 is 14.3 Å². The average Bonchev–Trinajstić information content (AvgIpc) is 2.88. The van der Waals surface area contributed by atoms with E-state index in [0.29, 0.717) is 5.92 Å². The van der Waals surface area contributed by atoms with Crippen molar-refractivity contribution >= 4 is 6.09 Å². The van der Waals surface area contributed by atoms with Crippen molar-refractivity contribution in [3.05, 3.63) is 0 Å². The van der Waals surface area contributed by atoms with Gasteiger partial charge >= 0.3 is 6.09 Å². The third kappa shape index (κ3) is 1.94. The van der Waals surface area contributed by atoms with Gasteiger partial charge in [-0.1, -0.05) is 0 Å². The number of rotatable bonds is 2. The second-order valence-corrected chi connectivity index (χ2v) is 3.70. The Labute approximate surface area is 77.6 Å². The van der Waals surface area contributed by atoms with Crippen molar-refractivity contribution in [3.63, 3.8) is 0 Å². The minimum atomic E-state index is -0.346. The van der Waals surface area contributed by atoms with Crippen LogP contribution >= 0.6 is 0 Å². The Morgan fingerprint density at radius 2 is 2.23 bits per heavy atom. The van der Waals surface area contributed by atoms with E-state index in [1.54, 1.807) is 0 Å². The zero-order valence-corrected chi connectivity index (χ0v) is 7.79. The Hall–Kier alpha value is -0.770. The summed E-state index contributed by atoms with van der Waals surface area (Å²) in [5.74, 6) is 0.671. The summed E-state index contributed by atoms with van der Waals surface area (Å²) in [6, 6.07) is 0.167. The summed E-state index contributed by atoms with van der Waals surface area (Å²) in [6.45, 7) is 0.760. The van der Waals surface area contributed by atoms with Gasteiger partial charge in [-0.3, -0.25) is 0 Å². The van der Waals surface area contributed by atoms with Gasteiger partial charge in [0.2, 0.25) is 0 Å². The van der Waals surface area contributed by atoms with Gasteiger partial charge in [-0.25, -0.2) is 4.79 Å². The molecule has 1 N–H and O–H groups in total. The summed E-state index contributed by atoms with van der Waals surface area (Å²) < 4.78 is 10.1. The van der Waals surface area contributed by atoms with Gasteiger partial charge in [0, 0.05) is 6.61 Å². The zero-order valence-electron chi connectivity index (χ0n) is 7.79. The van der Waals surface area contributed by atoms with Crippen molar-refractivity contribution in [1.29, 1.82) is 0 Å². The van der Waals surface area contributed by atoms with Gasteiger partial charge < -0.3 is 14.8 Å². The highest BCUT2D eigenvalue weighted by atomic mass is 16.5. The molecule has 0 spiro atoms. The van der Waals surface area contributed by atoms with Gasteiger partial charge in [-0.2, -0.15) is 0 Å². The van der Waals surface area contributed by atoms with Crippen LogP contribution in [-0.4, -0.2) is 32.0 Å². The molecule has 0 bridgehead atoms. The van der Waals surface area contributed by atoms with E-state index in [1.807, 2.05) is 0 Å². The van der Waals surface area contributed by atoms with Crippen LogP contribution in [0.5, 0.6) is 0 Å². The van der Waals surface area contributed by atoms with E-state index in [1.165, 1.54) is 20.0 Å². The molecule has 2 rings (SSSR count). The van der Waals surface area contributed by atoms with Gasteiger partial charge in [0.15, 0.2) is 0 Å². The molecule has 2 fully saturated rings. The molecule has 1 saturated heterocycles. The Morgan fingerprint density at radius 3 is 2.85 bits per heavy atom. The number of amides is 1. The highest BCUT2D eigenvalue weighted by Crippen LogP contribution is 2.38. The maximum atomic E-state index is 11.0. The summed E-state index contributed by atoms with van der Waals surface area (Å²) in [4.78, 5) is 11.0. The number of hydrogen-bond donors (Lipinski definition) is 1. The topological polar surface area (TPSA) is 47.6 Å². The Bertz CT molecular complexity index is 203. The van der Waals surface area contributed by atoms with Crippen LogP contribution in [0.15, 0.2) is 0 Å². The largest absolute Gasteiger partial charge is 0.453 e. The van der Waals surface area contributed by atoms with Crippen LogP contribution in [0, 0.1) is 5.92 Å². The first kappa shape index (κ1) is 8.81. The second-order valence-electron chi connectivity index (χ2n) is 3.70. The second kappa shape index (κ2) is 3.54. The Balaban J connectivity index is 1.85. The molecule has 1 amide bonds. The van der Waals surface area contributed by atoms with E-state index in [9.17, 15) is 4.79 Å². The van der Waals surface area contributed by atoms with Crippen molar-refractivity contribution in [2.24, 2.45) is 5.92 Å². The first-order valence-corrected chi connectivity index (χ1v) is 4.77. The maximum absolute atomic E-state index is 11.0. The van der Waals surface area contributed by atoms with E-state index in [-0.39, 0.29) is 18.2 Å². The highest BCUT2D eigenvalue weighted by Gasteiger charge is 2.41. The summed E-state index contributed by atoms with van der Waals surface area (Å²) >= 11 is 0. The molecule has 4 nitrogen and oxygen atoms in total. The summed E-state index contributed by atoms with van der Waals surface area (Å²) in [6.07, 6.45) is 3.28. The molecule has 4 heteroatoms. The molecule has 2 aliphatic rings. The molecule has 1 aliphatic heterocycles. The average molecular weight is 185 g/mol. The van der Waals surface area contributed by atoms with Crippen molar-refractivity contribution in [3.8, 4) is 0 Å². The molecule has 0 aromatic rings. The normalized spacial score (nSPS) is 33.0. The molecule has 1 heterocycles. The van der Waals surface area contributed by atoms with Gasteiger partial charge in [-0.05, 0) is 25.2 Å². The molecule has 1 saturated carbocycles. The van der Waals surface area contributed by atoms with Crippen LogP contribution in [0.3, 0.4) is 0 Å². The molecular weight excluding hydrogens is 170 g/mol. The van der Waals surface area contributed by atoms with Gasteiger partial charge in [0.25, 0.3) is 0 Å². The summed E-state index contributed by atoms with van der Waals surface area (Å²) in [5, 5.41) is 2.81. The van der Waals surface area contributed by atoms with Crippen molar-refractivity contribution in [1.82, 2.24) is 5.32 Å². The fourth-order valence-electron chi connectivity index (χ4n) is 1.87. The van der Waals surface area contributed by atoms with Crippen LogP contribution in [0.2, 0.25) is 0 Å². The highest BCUT2D eigenvalue weighted by molar-refractivity contribution is 5.67. The molecule has 0 aromatic heterocycles. The summed E-state index contributed by atoms with van der Waals surface area (Å²) in [5.41, 5.74) is 0. The minimum absolute atomic E-state index is 0.167. The number of nitrogens with one attached hydrogen (secondary N) is 1. The lowest BCUT2D eigenvalue weighted by Gasteiger charge is -2.18. The van der Waals surface area contributed by atoms with E-state index < -0.39 is 0 Å². The van der Waals surface area contributed by atoms with E-state index in [4.69, 9.17) is 4.74 Å². The molecule has 2 unspecified atom stereocenters. The minimum Gasteiger partial charge on any atom is -0.453 e. The number of alkyl carbamates (subject to hydrolysis) is 1. The van der Waals surface area contributed by atoms with Gasteiger partial charge in [-0.15, -0.1) is 0 Å². The number of carbonyl (C=O) groups is 1. The molecular formula is C9H15NO3. The molecule has 1 aliphatic carbocycles. The quantitative estimate of drug-likeness (QED) is 0.695. The maximum Gasteiger partial charge on any atom is 0.407 e. The molecule has 0 radical (unpaired) electrons. The third-order valence-electron chi connectivity index (χ3n) is 2.71. The van der Waals surface area contributed by atoms with Gasteiger partial charge in [0.05, 0.1) is 19.3 Å². The monoisotopic (exact) mass is 185 g/mol. The molecule has 2 atom stereocenters.